The van der Waals surface area contributed by atoms with Gasteiger partial charge in [0.05, 0.1) is 34.1 Å². The molecule has 22 heteroatoms. The van der Waals surface area contributed by atoms with E-state index in [2.05, 4.69) is 58.4 Å². The number of likely N-dealkylation sites (tertiary alicyclic amines) is 3. The molecule has 6 bridgehead atoms. The molecular weight excluding hydrogens is 1170 g/mol. The van der Waals surface area contributed by atoms with Crippen LogP contribution in [-0.2, 0) is 28.6 Å². The monoisotopic (exact) mass is 1250 g/mol. The predicted molar refractivity (Wildman–Crippen MR) is 304 cm³/mol. The summed E-state index contributed by atoms with van der Waals surface area (Å²) >= 11 is 9.99. The van der Waals surface area contributed by atoms with Crippen LogP contribution in [0.4, 0.5) is 48.5 Å². The van der Waals surface area contributed by atoms with Crippen LogP contribution in [0.2, 0.25) is 0 Å². The molecule has 416 valence electrons. The minimum atomic E-state index is -0.914. The standard InChI is InChI=1S/2C18H24BrN3O3.C12H19NO4.C6H7BrN2/c1-18(2,3)25-17(24)22-12-6-4-10(8-12)15(22)16(23)21-14-7-5-11(19)9-13(14)20;1-18(2,3)25-17(24)22-12-6-4-10(8-12)15(22)16(23)21-14-9-11(19)5-7-13(14)20;1-12(2,3)17-11(16)13-8-5-4-7(6-8)9(13)10(14)15;7-4-1-2-5(8)6(9)3-4/h2*5,7,9-10,12,15H,4,6,8,20H2,1-3H3,(H,21,23);7-9H,4-6H2,1-3H3,(H,14,15);1-3H,8-9H2/t2*10-,12+,15-;7-,8+,9-;/m000./s1. The number of carbonyl (C=O) groups is 6. The first kappa shape index (κ1) is 59.8. The molecule has 0 radical (unpaired) electrons. The van der Waals surface area contributed by atoms with Crippen molar-refractivity contribution in [2.45, 2.75) is 173 Å². The number of fused-ring (bicyclic) bond motifs is 6. The van der Waals surface area contributed by atoms with Crippen molar-refractivity contribution in [2.24, 2.45) is 17.8 Å². The van der Waals surface area contributed by atoms with Crippen molar-refractivity contribution in [1.29, 1.82) is 0 Å². The molecule has 0 unspecified atom stereocenters. The van der Waals surface area contributed by atoms with Crippen LogP contribution in [0.3, 0.4) is 0 Å². The Hall–Kier alpha value is -5.48. The zero-order valence-electron chi connectivity index (χ0n) is 44.7. The van der Waals surface area contributed by atoms with Crippen molar-refractivity contribution in [3.05, 3.63) is 68.0 Å². The lowest BCUT2D eigenvalue weighted by molar-refractivity contribution is -0.144. The molecule has 0 aromatic heterocycles. The lowest BCUT2D eigenvalue weighted by Crippen LogP contribution is -2.52. The lowest BCUT2D eigenvalue weighted by atomic mass is 9.98. The second-order valence-corrected chi connectivity index (χ2v) is 26.0. The number of halogens is 3. The first-order valence-electron chi connectivity index (χ1n) is 25.6. The fraction of sp³-hybridized carbons (Fsp3) is 0.556. The summed E-state index contributed by atoms with van der Waals surface area (Å²) in [5.41, 5.74) is 24.4. The number of anilines is 6. The van der Waals surface area contributed by atoms with Crippen molar-refractivity contribution in [3.8, 4) is 0 Å². The Bertz CT molecular complexity index is 2660. The zero-order chi connectivity index (χ0) is 56.4. The van der Waals surface area contributed by atoms with E-state index in [-0.39, 0.29) is 47.7 Å². The van der Waals surface area contributed by atoms with Crippen LogP contribution in [0, 0.1) is 17.8 Å². The Morgan fingerprint density at radius 2 is 0.816 bits per heavy atom. The van der Waals surface area contributed by atoms with Gasteiger partial charge in [-0.05, 0) is 192 Å². The number of nitrogen functional groups attached to an aromatic ring is 4. The molecule has 9 rings (SSSR count). The lowest BCUT2D eigenvalue weighted by Gasteiger charge is -2.35. The molecule has 11 N–H and O–H groups in total. The van der Waals surface area contributed by atoms with Gasteiger partial charge < -0.3 is 52.9 Å². The fourth-order valence-electron chi connectivity index (χ4n) is 10.9. The summed E-state index contributed by atoms with van der Waals surface area (Å²) < 4.78 is 18.9. The van der Waals surface area contributed by atoms with E-state index in [1.165, 1.54) is 4.90 Å². The molecule has 3 saturated heterocycles. The van der Waals surface area contributed by atoms with E-state index >= 15 is 0 Å². The molecule has 3 aromatic carbocycles. The maximum absolute atomic E-state index is 12.9. The molecule has 6 aliphatic rings. The van der Waals surface area contributed by atoms with Gasteiger partial charge in [-0.2, -0.15) is 0 Å². The Balaban J connectivity index is 0.000000173. The second-order valence-electron chi connectivity index (χ2n) is 23.2. The Labute approximate surface area is 470 Å². The van der Waals surface area contributed by atoms with Gasteiger partial charge in [0.25, 0.3) is 0 Å². The number of nitrogens with one attached hydrogen (secondary N) is 2. The molecule has 3 aromatic rings. The Kier molecular flexibility index (Phi) is 18.9. The van der Waals surface area contributed by atoms with Crippen molar-refractivity contribution in [3.63, 3.8) is 0 Å². The quantitative estimate of drug-likeness (QED) is 0.0924. The van der Waals surface area contributed by atoms with Crippen LogP contribution in [0.5, 0.6) is 0 Å². The number of carbonyl (C=O) groups excluding carboxylic acids is 5. The maximum atomic E-state index is 12.9. The molecule has 19 nitrogen and oxygen atoms in total. The normalized spacial score (nSPS) is 24.7. The fourth-order valence-corrected chi connectivity index (χ4v) is 12.1. The number of aliphatic carboxylic acids is 1. The third-order valence-electron chi connectivity index (χ3n) is 14.0. The van der Waals surface area contributed by atoms with Crippen LogP contribution in [0.15, 0.2) is 68.0 Å². The summed E-state index contributed by atoms with van der Waals surface area (Å²) in [5.74, 6) is -0.872. The van der Waals surface area contributed by atoms with E-state index in [0.29, 0.717) is 34.1 Å². The molecule has 76 heavy (non-hydrogen) atoms. The number of amides is 5. The number of rotatable bonds is 5. The third-order valence-corrected chi connectivity index (χ3v) is 15.4. The highest BCUT2D eigenvalue weighted by Gasteiger charge is 2.55. The highest BCUT2D eigenvalue weighted by molar-refractivity contribution is 9.11. The highest BCUT2D eigenvalue weighted by Crippen LogP contribution is 2.46. The number of hydrogen-bond acceptors (Lipinski definition) is 13. The molecule has 5 amide bonds. The smallest absolute Gasteiger partial charge is 0.411 e. The van der Waals surface area contributed by atoms with Crippen molar-refractivity contribution in [2.75, 3.05) is 33.6 Å². The van der Waals surface area contributed by atoms with Gasteiger partial charge >= 0.3 is 24.2 Å². The number of piperidine rings is 3. The molecule has 9 atom stereocenters. The van der Waals surface area contributed by atoms with Crippen LogP contribution in [-0.4, -0.2) is 109 Å². The van der Waals surface area contributed by atoms with E-state index in [1.54, 1.807) is 67.0 Å². The molecular formula is C54H74Br3N9O10. The summed E-state index contributed by atoms with van der Waals surface area (Å²) in [4.78, 5) is 79.0. The topological polar surface area (TPSA) is 288 Å². The number of nitrogens with two attached hydrogens (primary N) is 4. The number of ether oxygens (including phenoxy) is 3. The number of hydrogen-bond donors (Lipinski definition) is 7. The van der Waals surface area contributed by atoms with Gasteiger partial charge in [-0.25, -0.2) is 19.2 Å². The number of carboxylic acids is 1. The second kappa shape index (κ2) is 24.0. The van der Waals surface area contributed by atoms with E-state index in [9.17, 15) is 33.9 Å². The molecule has 6 fully saturated rings. The van der Waals surface area contributed by atoms with Crippen molar-refractivity contribution >= 4 is 118 Å². The van der Waals surface area contributed by atoms with Crippen LogP contribution >= 0.6 is 47.8 Å². The minimum Gasteiger partial charge on any atom is -0.480 e. The Morgan fingerprint density at radius 1 is 0.474 bits per heavy atom. The van der Waals surface area contributed by atoms with Gasteiger partial charge in [0.2, 0.25) is 11.8 Å². The summed E-state index contributed by atoms with van der Waals surface area (Å²) in [6, 6.07) is 14.5. The largest absolute Gasteiger partial charge is 0.480 e. The summed E-state index contributed by atoms with van der Waals surface area (Å²) in [5, 5.41) is 15.0. The van der Waals surface area contributed by atoms with Gasteiger partial charge in [0.1, 0.15) is 34.9 Å². The highest BCUT2D eigenvalue weighted by atomic mass is 79.9. The molecule has 3 aliphatic carbocycles. The maximum Gasteiger partial charge on any atom is 0.411 e. The summed E-state index contributed by atoms with van der Waals surface area (Å²) in [7, 11) is 0. The van der Waals surface area contributed by atoms with E-state index in [1.807, 2.05) is 59.7 Å². The van der Waals surface area contributed by atoms with E-state index in [4.69, 9.17) is 37.1 Å². The van der Waals surface area contributed by atoms with Gasteiger partial charge in [-0.1, -0.05) is 47.8 Å². The molecule has 3 saturated carbocycles. The summed E-state index contributed by atoms with van der Waals surface area (Å²) in [6.45, 7) is 16.3. The predicted octanol–water partition coefficient (Wildman–Crippen LogP) is 11.0. The molecule has 3 heterocycles. The molecule has 0 spiro atoms. The average Bonchev–Trinajstić information content (AvgIpc) is 4.18. The van der Waals surface area contributed by atoms with E-state index < -0.39 is 59.2 Å². The average molecular weight is 1250 g/mol. The summed E-state index contributed by atoms with van der Waals surface area (Å²) in [6.07, 6.45) is 6.75. The molecule has 3 aliphatic heterocycles. The SMILES string of the molecule is CC(C)(C)OC(=O)N1[C@@H]2CC[C@@H](C2)[C@H]1C(=O)Nc1cc(Br)ccc1N.CC(C)(C)OC(=O)N1[C@@H]2CC[C@@H](C2)[C@H]1C(=O)Nc1ccc(Br)cc1N.CC(C)(C)OC(=O)N1[C@@H]2CC[C@@H](C2)[C@H]1C(=O)O.Nc1ccc(Br)cc1N. The van der Waals surface area contributed by atoms with E-state index in [0.717, 1.165) is 71.2 Å². The van der Waals surface area contributed by atoms with Gasteiger partial charge in [-0.3, -0.25) is 24.3 Å². The number of benzene rings is 3. The number of carboxylic acid groups (broad SMARTS) is 1. The van der Waals surface area contributed by atoms with Crippen molar-refractivity contribution in [1.82, 2.24) is 14.7 Å². The third kappa shape index (κ3) is 15.2. The first-order chi connectivity index (χ1) is 35.3. The van der Waals surface area contributed by atoms with Crippen LogP contribution in [0.1, 0.15) is 120 Å². The van der Waals surface area contributed by atoms with Gasteiger partial charge in [0, 0.05) is 31.5 Å². The van der Waals surface area contributed by atoms with Gasteiger partial charge in [-0.15, -0.1) is 0 Å². The minimum absolute atomic E-state index is 0.0518. The zero-order valence-corrected chi connectivity index (χ0v) is 49.4. The number of nitrogens with zero attached hydrogens (tertiary/aromatic N) is 3. The van der Waals surface area contributed by atoms with Crippen molar-refractivity contribution < 1.29 is 48.1 Å². The van der Waals surface area contributed by atoms with Crippen LogP contribution < -0.4 is 33.6 Å². The Morgan fingerprint density at radius 3 is 1.18 bits per heavy atom. The van der Waals surface area contributed by atoms with Gasteiger partial charge in [0.15, 0.2) is 0 Å². The van der Waals surface area contributed by atoms with Crippen LogP contribution in [0.25, 0.3) is 0 Å². The first-order valence-corrected chi connectivity index (χ1v) is 28.0.